The van der Waals surface area contributed by atoms with E-state index < -0.39 is 0 Å². The van der Waals surface area contributed by atoms with Crippen molar-refractivity contribution >= 4 is 40.3 Å². The fourth-order valence-electron chi connectivity index (χ4n) is 2.56. The van der Waals surface area contributed by atoms with Gasteiger partial charge in [0.1, 0.15) is 11.3 Å². The molecule has 7 heteroatoms. The molecule has 124 valence electrons. The van der Waals surface area contributed by atoms with Gasteiger partial charge in [-0.05, 0) is 49.8 Å². The van der Waals surface area contributed by atoms with Gasteiger partial charge in [-0.2, -0.15) is 10.1 Å². The number of furan rings is 1. The summed E-state index contributed by atoms with van der Waals surface area (Å²) in [6, 6.07) is 9.85. The van der Waals surface area contributed by atoms with E-state index in [0.717, 1.165) is 27.8 Å². The summed E-state index contributed by atoms with van der Waals surface area (Å²) >= 11 is 0. The van der Waals surface area contributed by atoms with Crippen LogP contribution in [-0.4, -0.2) is 26.4 Å². The van der Waals surface area contributed by atoms with E-state index in [1.54, 1.807) is 12.5 Å². The molecule has 0 aliphatic heterocycles. The fourth-order valence-corrected chi connectivity index (χ4v) is 2.56. The van der Waals surface area contributed by atoms with Crippen LogP contribution in [0.4, 0.5) is 5.95 Å². The number of benzene rings is 1. The number of aromatic amines is 1. The van der Waals surface area contributed by atoms with Crippen LogP contribution in [0.3, 0.4) is 0 Å². The number of H-pyrrole nitrogens is 1. The first-order valence-corrected chi connectivity index (χ1v) is 7.83. The maximum absolute atomic E-state index is 5.26. The number of nitrogens with zero attached hydrogens (tertiary/aromatic N) is 4. The van der Waals surface area contributed by atoms with E-state index in [1.807, 2.05) is 44.2 Å². The molecule has 0 unspecified atom stereocenters. The minimum absolute atomic E-state index is 0.331. The number of hydrogen-bond donors (Lipinski definition) is 2. The molecule has 0 radical (unpaired) electrons. The Kier molecular flexibility index (Phi) is 3.74. The fraction of sp³-hybridized carbons (Fsp3) is 0.111. The van der Waals surface area contributed by atoms with Gasteiger partial charge in [0.25, 0.3) is 5.95 Å². The van der Waals surface area contributed by atoms with Gasteiger partial charge in [-0.15, -0.1) is 10.2 Å². The topological polar surface area (TPSA) is 92.0 Å². The lowest BCUT2D eigenvalue weighted by atomic mass is 10.2. The molecule has 0 fully saturated rings. The maximum Gasteiger partial charge on any atom is 0.265 e. The highest BCUT2D eigenvalue weighted by atomic mass is 16.3. The second-order valence-corrected chi connectivity index (χ2v) is 5.78. The molecule has 3 heterocycles. The van der Waals surface area contributed by atoms with Gasteiger partial charge in [-0.1, -0.05) is 11.6 Å². The number of hydrazone groups is 1. The molecule has 0 saturated heterocycles. The van der Waals surface area contributed by atoms with Crippen LogP contribution in [0.25, 0.3) is 28.1 Å². The number of nitrogens with one attached hydrogen (secondary N) is 2. The third-order valence-corrected chi connectivity index (χ3v) is 3.72. The van der Waals surface area contributed by atoms with Gasteiger partial charge in [-0.25, -0.2) is 5.43 Å². The molecule has 0 saturated carbocycles. The van der Waals surface area contributed by atoms with Gasteiger partial charge in [0, 0.05) is 10.9 Å². The number of aryl methyl sites for hydroxylation is 1. The van der Waals surface area contributed by atoms with E-state index in [1.165, 1.54) is 5.56 Å². The molecule has 7 nitrogen and oxygen atoms in total. The molecule has 0 amide bonds. The van der Waals surface area contributed by atoms with E-state index >= 15 is 0 Å². The summed E-state index contributed by atoms with van der Waals surface area (Å²) in [6.45, 7) is 3.97. The van der Waals surface area contributed by atoms with Crippen LogP contribution < -0.4 is 5.43 Å². The average Bonchev–Trinajstić information content (AvgIpc) is 3.21. The number of anilines is 1. The summed E-state index contributed by atoms with van der Waals surface area (Å²) in [5.74, 6) is 1.11. The lowest BCUT2D eigenvalue weighted by Crippen LogP contribution is -1.98. The lowest BCUT2D eigenvalue weighted by Gasteiger charge is -1.97. The Labute approximate surface area is 143 Å². The monoisotopic (exact) mass is 332 g/mol. The summed E-state index contributed by atoms with van der Waals surface area (Å²) in [5.41, 5.74) is 7.31. The van der Waals surface area contributed by atoms with Crippen LogP contribution in [0, 0.1) is 6.92 Å². The van der Waals surface area contributed by atoms with E-state index in [0.29, 0.717) is 11.6 Å². The smallest absolute Gasteiger partial charge is 0.265 e. The van der Waals surface area contributed by atoms with Gasteiger partial charge < -0.3 is 9.40 Å². The molecule has 3 aromatic heterocycles. The summed E-state index contributed by atoms with van der Waals surface area (Å²) in [5, 5.41) is 13.5. The van der Waals surface area contributed by atoms with Crippen LogP contribution in [0.2, 0.25) is 0 Å². The zero-order chi connectivity index (χ0) is 17.2. The molecule has 0 aliphatic rings. The second-order valence-electron chi connectivity index (χ2n) is 5.78. The zero-order valence-corrected chi connectivity index (χ0v) is 13.8. The van der Waals surface area contributed by atoms with Crippen LogP contribution in [0.1, 0.15) is 18.2 Å². The Hall–Kier alpha value is -3.48. The predicted molar refractivity (Wildman–Crippen MR) is 98.4 cm³/mol. The molecule has 1 aromatic carbocycles. The molecule has 4 aromatic rings. The summed E-state index contributed by atoms with van der Waals surface area (Å²) in [7, 11) is 0. The van der Waals surface area contributed by atoms with Crippen molar-refractivity contribution in [2.75, 3.05) is 5.43 Å². The highest BCUT2D eigenvalue weighted by Crippen LogP contribution is 2.23. The van der Waals surface area contributed by atoms with Crippen molar-refractivity contribution in [3.8, 4) is 0 Å². The molecule has 2 N–H and O–H groups in total. The minimum Gasteiger partial charge on any atom is -0.465 e. The highest BCUT2D eigenvalue weighted by Gasteiger charge is 2.08. The number of allylic oxidation sites excluding steroid dienone is 1. The summed E-state index contributed by atoms with van der Waals surface area (Å²) < 4.78 is 5.26. The van der Waals surface area contributed by atoms with Crippen molar-refractivity contribution in [1.82, 2.24) is 20.2 Å². The van der Waals surface area contributed by atoms with E-state index in [4.69, 9.17) is 4.42 Å². The normalized spacial score (nSPS) is 12.5. The molecular formula is C18H16N6O. The van der Waals surface area contributed by atoms with E-state index in [9.17, 15) is 0 Å². The van der Waals surface area contributed by atoms with Gasteiger partial charge in [0.2, 0.25) is 0 Å². The quantitative estimate of drug-likeness (QED) is 0.437. The second kappa shape index (κ2) is 6.20. The van der Waals surface area contributed by atoms with Crippen molar-refractivity contribution in [2.45, 2.75) is 13.8 Å². The van der Waals surface area contributed by atoms with Crippen molar-refractivity contribution < 1.29 is 4.42 Å². The lowest BCUT2D eigenvalue weighted by molar-refractivity contribution is 0.557. The number of hydrogen-bond acceptors (Lipinski definition) is 6. The molecule has 0 aliphatic carbocycles. The van der Waals surface area contributed by atoms with Crippen LogP contribution in [0.5, 0.6) is 0 Å². The Morgan fingerprint density at radius 1 is 1.28 bits per heavy atom. The molecule has 4 rings (SSSR count). The van der Waals surface area contributed by atoms with Crippen LogP contribution in [0.15, 0.2) is 51.7 Å². The van der Waals surface area contributed by atoms with Gasteiger partial charge >= 0.3 is 0 Å². The van der Waals surface area contributed by atoms with Crippen molar-refractivity contribution in [2.24, 2.45) is 5.10 Å². The third-order valence-electron chi connectivity index (χ3n) is 3.72. The first-order chi connectivity index (χ1) is 12.2. The highest BCUT2D eigenvalue weighted by molar-refractivity contribution is 6.03. The summed E-state index contributed by atoms with van der Waals surface area (Å²) in [4.78, 5) is 7.67. The van der Waals surface area contributed by atoms with Gasteiger partial charge in [0.15, 0.2) is 5.65 Å². The minimum atomic E-state index is 0.331. The molecular weight excluding hydrogens is 316 g/mol. The Balaban J connectivity index is 1.56. The van der Waals surface area contributed by atoms with Crippen LogP contribution >= 0.6 is 0 Å². The van der Waals surface area contributed by atoms with E-state index in [2.05, 4.69) is 36.8 Å². The summed E-state index contributed by atoms with van der Waals surface area (Å²) in [6.07, 6.45) is 5.18. The largest absolute Gasteiger partial charge is 0.465 e. The number of aromatic nitrogens is 4. The third kappa shape index (κ3) is 3.12. The zero-order valence-electron chi connectivity index (χ0n) is 13.8. The van der Waals surface area contributed by atoms with E-state index in [-0.39, 0.29) is 0 Å². The molecule has 0 atom stereocenters. The van der Waals surface area contributed by atoms with Gasteiger partial charge in [-0.3, -0.25) is 0 Å². The van der Waals surface area contributed by atoms with Gasteiger partial charge in [0.05, 0.1) is 12.5 Å². The Bertz CT molecular complexity index is 1090. The standard InChI is InChI=1S/C18H16N6O/c1-11-5-6-15-14(9-11)16-17(20-15)21-18(24-22-16)23-19-10-12(2)8-13-4-3-7-25-13/h3-10H,1-2H3,(H2,20,21,23,24)/b12-8+,19-10+. The molecule has 0 bridgehead atoms. The molecule has 25 heavy (non-hydrogen) atoms. The molecule has 0 spiro atoms. The van der Waals surface area contributed by atoms with Crippen LogP contribution in [-0.2, 0) is 0 Å². The Morgan fingerprint density at radius 3 is 3.04 bits per heavy atom. The van der Waals surface area contributed by atoms with Crippen molar-refractivity contribution in [1.29, 1.82) is 0 Å². The number of fused-ring (bicyclic) bond motifs is 3. The maximum atomic E-state index is 5.26. The average molecular weight is 332 g/mol. The predicted octanol–water partition coefficient (Wildman–Crippen LogP) is 3.91. The van der Waals surface area contributed by atoms with Crippen molar-refractivity contribution in [3.63, 3.8) is 0 Å². The Morgan fingerprint density at radius 2 is 2.20 bits per heavy atom. The SMILES string of the molecule is CC(/C=N/Nc1nnc2c(n1)[nH]c1ccc(C)cc12)=C\c1ccco1. The van der Waals surface area contributed by atoms with Crippen molar-refractivity contribution in [3.05, 3.63) is 53.5 Å². The number of rotatable bonds is 4. The first kappa shape index (κ1) is 15.1. The first-order valence-electron chi connectivity index (χ1n) is 7.83.